The number of carbonyl (C=O) groups is 1. The van der Waals surface area contributed by atoms with Crippen LogP contribution in [0.1, 0.15) is 44.1 Å². The van der Waals surface area contributed by atoms with E-state index in [4.69, 9.17) is 11.6 Å². The number of hydrogen-bond donors (Lipinski definition) is 0. The first-order valence-electron chi connectivity index (χ1n) is 6.53. The minimum atomic E-state index is 0.344. The van der Waals surface area contributed by atoms with Gasteiger partial charge in [-0.1, -0.05) is 43.0 Å². The molecule has 1 saturated carbocycles. The molecule has 92 valence electrons. The third-order valence-electron chi connectivity index (χ3n) is 3.63. The van der Waals surface area contributed by atoms with Gasteiger partial charge in [-0.15, -0.1) is 0 Å². The second-order valence-electron chi connectivity index (χ2n) is 4.93. The smallest absolute Gasteiger partial charge is 0.136 e. The Morgan fingerprint density at radius 2 is 1.76 bits per heavy atom. The SMILES string of the molecule is O=C(CCc1ccc(Cl)cc1)C1CCCCC1. The summed E-state index contributed by atoms with van der Waals surface area (Å²) in [6.45, 7) is 0. The van der Waals surface area contributed by atoms with Crippen molar-refractivity contribution in [3.63, 3.8) is 0 Å². The Kier molecular flexibility index (Phi) is 4.61. The molecule has 0 heterocycles. The van der Waals surface area contributed by atoms with E-state index in [2.05, 4.69) is 0 Å². The molecule has 0 saturated heterocycles. The van der Waals surface area contributed by atoms with Crippen molar-refractivity contribution in [1.82, 2.24) is 0 Å². The Hall–Kier alpha value is -0.820. The molecule has 1 nitrogen and oxygen atoms in total. The highest BCUT2D eigenvalue weighted by Gasteiger charge is 2.20. The molecule has 0 unspecified atom stereocenters. The highest BCUT2D eigenvalue weighted by molar-refractivity contribution is 6.30. The van der Waals surface area contributed by atoms with Gasteiger partial charge >= 0.3 is 0 Å². The van der Waals surface area contributed by atoms with Crippen molar-refractivity contribution in [2.75, 3.05) is 0 Å². The molecule has 0 atom stereocenters. The van der Waals surface area contributed by atoms with Crippen LogP contribution in [-0.2, 0) is 11.2 Å². The molecule has 0 radical (unpaired) electrons. The molecule has 1 aromatic carbocycles. The Morgan fingerprint density at radius 1 is 1.12 bits per heavy atom. The standard InChI is InChI=1S/C15H19ClO/c16-14-9-6-12(7-10-14)8-11-15(17)13-4-2-1-3-5-13/h6-7,9-10,13H,1-5,8,11H2. The summed E-state index contributed by atoms with van der Waals surface area (Å²) in [6, 6.07) is 7.80. The number of carbonyl (C=O) groups excluding carboxylic acids is 1. The van der Waals surface area contributed by atoms with E-state index in [0.29, 0.717) is 18.1 Å². The molecule has 0 N–H and O–H groups in total. The zero-order valence-electron chi connectivity index (χ0n) is 10.1. The summed E-state index contributed by atoms with van der Waals surface area (Å²) in [5.41, 5.74) is 1.21. The van der Waals surface area contributed by atoms with E-state index in [1.165, 1.54) is 24.8 Å². The van der Waals surface area contributed by atoms with Gasteiger partial charge in [-0.3, -0.25) is 4.79 Å². The van der Waals surface area contributed by atoms with Gasteiger partial charge in [0.15, 0.2) is 0 Å². The number of rotatable bonds is 4. The molecule has 0 spiro atoms. The van der Waals surface area contributed by atoms with Gasteiger partial charge in [0.05, 0.1) is 0 Å². The molecular formula is C15H19ClO. The topological polar surface area (TPSA) is 17.1 Å². The summed E-state index contributed by atoms with van der Waals surface area (Å²) in [5, 5.41) is 0.757. The van der Waals surface area contributed by atoms with Crippen LogP contribution in [0.5, 0.6) is 0 Å². The summed E-state index contributed by atoms with van der Waals surface area (Å²) in [6.07, 6.45) is 7.54. The lowest BCUT2D eigenvalue weighted by molar-refractivity contribution is -0.123. The zero-order valence-corrected chi connectivity index (χ0v) is 10.9. The summed E-state index contributed by atoms with van der Waals surface area (Å²) < 4.78 is 0. The highest BCUT2D eigenvalue weighted by atomic mass is 35.5. The van der Waals surface area contributed by atoms with Gasteiger partial charge in [0.1, 0.15) is 5.78 Å². The van der Waals surface area contributed by atoms with Crippen molar-refractivity contribution in [1.29, 1.82) is 0 Å². The quantitative estimate of drug-likeness (QED) is 0.773. The predicted molar refractivity (Wildman–Crippen MR) is 71.4 cm³/mol. The van der Waals surface area contributed by atoms with Gasteiger partial charge in [0.25, 0.3) is 0 Å². The Balaban J connectivity index is 1.81. The second-order valence-corrected chi connectivity index (χ2v) is 5.36. The van der Waals surface area contributed by atoms with Crippen LogP contribution in [0.2, 0.25) is 5.02 Å². The van der Waals surface area contributed by atoms with Crippen molar-refractivity contribution in [3.05, 3.63) is 34.9 Å². The first-order chi connectivity index (χ1) is 8.25. The van der Waals surface area contributed by atoms with Crippen LogP contribution >= 0.6 is 11.6 Å². The maximum atomic E-state index is 12.0. The molecule has 1 aliphatic carbocycles. The van der Waals surface area contributed by atoms with Crippen molar-refractivity contribution in [2.24, 2.45) is 5.92 Å². The van der Waals surface area contributed by atoms with Crippen molar-refractivity contribution < 1.29 is 4.79 Å². The van der Waals surface area contributed by atoms with Crippen LogP contribution in [-0.4, -0.2) is 5.78 Å². The molecule has 1 aliphatic rings. The fourth-order valence-corrected chi connectivity index (χ4v) is 2.67. The van der Waals surface area contributed by atoms with E-state index in [0.717, 1.165) is 24.3 Å². The van der Waals surface area contributed by atoms with Crippen LogP contribution < -0.4 is 0 Å². The average Bonchev–Trinajstić information content (AvgIpc) is 2.39. The zero-order chi connectivity index (χ0) is 12.1. The van der Waals surface area contributed by atoms with Crippen molar-refractivity contribution >= 4 is 17.4 Å². The molecule has 17 heavy (non-hydrogen) atoms. The largest absolute Gasteiger partial charge is 0.299 e. The lowest BCUT2D eigenvalue weighted by atomic mass is 9.84. The molecule has 1 fully saturated rings. The normalized spacial score (nSPS) is 17.0. The molecule has 1 aromatic rings. The Morgan fingerprint density at radius 3 is 2.41 bits per heavy atom. The summed E-state index contributed by atoms with van der Waals surface area (Å²) in [7, 11) is 0. The minimum absolute atomic E-state index is 0.344. The monoisotopic (exact) mass is 250 g/mol. The van der Waals surface area contributed by atoms with Crippen LogP contribution in [0.15, 0.2) is 24.3 Å². The summed E-state index contributed by atoms with van der Waals surface area (Å²) >= 11 is 5.83. The maximum absolute atomic E-state index is 12.0. The van der Waals surface area contributed by atoms with E-state index in [9.17, 15) is 4.79 Å². The molecule has 2 rings (SSSR count). The van der Waals surface area contributed by atoms with E-state index < -0.39 is 0 Å². The number of ketones is 1. The molecule has 0 amide bonds. The number of benzene rings is 1. The lowest BCUT2D eigenvalue weighted by Gasteiger charge is -2.20. The van der Waals surface area contributed by atoms with E-state index >= 15 is 0 Å². The van der Waals surface area contributed by atoms with Gasteiger partial charge in [0.2, 0.25) is 0 Å². The second kappa shape index (κ2) is 6.20. The van der Waals surface area contributed by atoms with Crippen LogP contribution in [0.4, 0.5) is 0 Å². The third-order valence-corrected chi connectivity index (χ3v) is 3.89. The summed E-state index contributed by atoms with van der Waals surface area (Å²) in [5.74, 6) is 0.802. The first kappa shape index (κ1) is 12.6. The average molecular weight is 251 g/mol. The van der Waals surface area contributed by atoms with E-state index in [-0.39, 0.29) is 0 Å². The van der Waals surface area contributed by atoms with Crippen LogP contribution in [0.3, 0.4) is 0 Å². The molecular weight excluding hydrogens is 232 g/mol. The van der Waals surface area contributed by atoms with Crippen molar-refractivity contribution in [2.45, 2.75) is 44.9 Å². The van der Waals surface area contributed by atoms with E-state index in [1.54, 1.807) is 0 Å². The fourth-order valence-electron chi connectivity index (χ4n) is 2.55. The van der Waals surface area contributed by atoms with E-state index in [1.807, 2.05) is 24.3 Å². The van der Waals surface area contributed by atoms with Gasteiger partial charge in [-0.2, -0.15) is 0 Å². The molecule has 2 heteroatoms. The summed E-state index contributed by atoms with van der Waals surface area (Å²) in [4.78, 5) is 12.0. The lowest BCUT2D eigenvalue weighted by Crippen LogP contribution is -2.18. The van der Waals surface area contributed by atoms with Gasteiger partial charge in [0, 0.05) is 17.4 Å². The number of halogens is 1. The molecule has 0 bridgehead atoms. The maximum Gasteiger partial charge on any atom is 0.136 e. The van der Waals surface area contributed by atoms with Gasteiger partial charge < -0.3 is 0 Å². The third kappa shape index (κ3) is 3.85. The minimum Gasteiger partial charge on any atom is -0.299 e. The number of hydrogen-bond acceptors (Lipinski definition) is 1. The van der Waals surface area contributed by atoms with Crippen molar-refractivity contribution in [3.8, 4) is 0 Å². The molecule has 0 aliphatic heterocycles. The Labute approximate surface area is 108 Å². The predicted octanol–water partition coefficient (Wildman–Crippen LogP) is 4.42. The number of aryl methyl sites for hydroxylation is 1. The van der Waals surface area contributed by atoms with Gasteiger partial charge in [-0.25, -0.2) is 0 Å². The van der Waals surface area contributed by atoms with Crippen LogP contribution in [0.25, 0.3) is 0 Å². The highest BCUT2D eigenvalue weighted by Crippen LogP contribution is 2.25. The Bertz CT molecular complexity index is 363. The van der Waals surface area contributed by atoms with Gasteiger partial charge in [-0.05, 0) is 37.0 Å². The molecule has 0 aromatic heterocycles. The fraction of sp³-hybridized carbons (Fsp3) is 0.533. The first-order valence-corrected chi connectivity index (χ1v) is 6.90. The van der Waals surface area contributed by atoms with Crippen LogP contribution in [0, 0.1) is 5.92 Å². The number of Topliss-reactive ketones (excluding diaryl/α,β-unsaturated/α-hetero) is 1.